The number of carbonyl (C=O) groups is 2. The number of likely N-dealkylation sites (N-methyl/N-ethyl adjacent to an activating group) is 1. The number of carbonyl (C=O) groups excluding carboxylic acids is 2. The molecule has 0 N–H and O–H groups in total. The second-order valence-electron chi connectivity index (χ2n) is 9.94. The molecule has 0 aliphatic carbocycles. The van der Waals surface area contributed by atoms with Crippen molar-refractivity contribution in [2.45, 2.75) is 50.5 Å². The van der Waals surface area contributed by atoms with Crippen molar-refractivity contribution < 1.29 is 14.0 Å². The summed E-state index contributed by atoms with van der Waals surface area (Å²) in [7, 11) is 1.71. The molecule has 2 aliphatic rings. The molecule has 0 bridgehead atoms. The zero-order valence-corrected chi connectivity index (χ0v) is 22.3. The Bertz CT molecular complexity index is 1070. The summed E-state index contributed by atoms with van der Waals surface area (Å²) >= 11 is 12.5. The maximum Gasteiger partial charge on any atom is 0.256 e. The molecule has 0 saturated carbocycles. The van der Waals surface area contributed by atoms with Crippen LogP contribution in [0.3, 0.4) is 0 Å². The molecule has 4 rings (SSSR count). The summed E-state index contributed by atoms with van der Waals surface area (Å²) in [6.07, 6.45) is 5.61. The maximum absolute atomic E-state index is 14.2. The number of amides is 2. The van der Waals surface area contributed by atoms with Crippen LogP contribution in [-0.4, -0.2) is 72.3 Å². The molecule has 1 unspecified atom stereocenters. The molecule has 2 saturated heterocycles. The van der Waals surface area contributed by atoms with Crippen LogP contribution in [0.2, 0.25) is 10.0 Å². The summed E-state index contributed by atoms with van der Waals surface area (Å²) in [6, 6.07) is 12.0. The van der Waals surface area contributed by atoms with Crippen molar-refractivity contribution in [3.63, 3.8) is 0 Å². The Morgan fingerprint density at radius 1 is 1.08 bits per heavy atom. The lowest BCUT2D eigenvalue weighted by atomic mass is 9.93. The zero-order chi connectivity index (χ0) is 25.7. The van der Waals surface area contributed by atoms with Crippen LogP contribution in [0.15, 0.2) is 42.5 Å². The average Bonchev–Trinajstić information content (AvgIpc) is 2.88. The first-order valence-corrected chi connectivity index (χ1v) is 13.6. The smallest absolute Gasteiger partial charge is 0.256 e. The van der Waals surface area contributed by atoms with E-state index in [1.807, 2.05) is 12.1 Å². The van der Waals surface area contributed by atoms with Gasteiger partial charge in [0.05, 0.1) is 15.6 Å². The van der Waals surface area contributed by atoms with E-state index in [2.05, 4.69) is 9.80 Å². The van der Waals surface area contributed by atoms with E-state index in [1.54, 1.807) is 30.1 Å². The minimum Gasteiger partial charge on any atom is -0.341 e. The van der Waals surface area contributed by atoms with Crippen molar-refractivity contribution in [2.75, 3.05) is 39.8 Å². The summed E-state index contributed by atoms with van der Waals surface area (Å²) in [6.45, 7) is 4.10. The van der Waals surface area contributed by atoms with Crippen LogP contribution in [0, 0.1) is 5.82 Å². The van der Waals surface area contributed by atoms with Gasteiger partial charge in [0, 0.05) is 51.6 Å². The van der Waals surface area contributed by atoms with Gasteiger partial charge in [0.25, 0.3) is 5.91 Å². The lowest BCUT2D eigenvalue weighted by Crippen LogP contribution is -2.49. The quantitative estimate of drug-likeness (QED) is 0.427. The van der Waals surface area contributed by atoms with Crippen molar-refractivity contribution in [3.05, 3.63) is 69.5 Å². The van der Waals surface area contributed by atoms with Gasteiger partial charge >= 0.3 is 0 Å². The fourth-order valence-electron chi connectivity index (χ4n) is 5.39. The first-order chi connectivity index (χ1) is 17.3. The van der Waals surface area contributed by atoms with E-state index in [4.69, 9.17) is 23.2 Å². The van der Waals surface area contributed by atoms with Gasteiger partial charge in [-0.25, -0.2) is 4.39 Å². The van der Waals surface area contributed by atoms with E-state index in [0.717, 1.165) is 63.8 Å². The van der Waals surface area contributed by atoms with Crippen molar-refractivity contribution in [3.8, 4) is 0 Å². The zero-order valence-electron chi connectivity index (χ0n) is 20.8. The van der Waals surface area contributed by atoms with Crippen LogP contribution in [0.25, 0.3) is 0 Å². The van der Waals surface area contributed by atoms with Gasteiger partial charge in [0.2, 0.25) is 5.91 Å². The molecule has 36 heavy (non-hydrogen) atoms. The molecule has 0 radical (unpaired) electrons. The molecule has 8 heteroatoms. The highest BCUT2D eigenvalue weighted by molar-refractivity contribution is 6.42. The third-order valence-electron chi connectivity index (χ3n) is 7.51. The third kappa shape index (κ3) is 6.58. The van der Waals surface area contributed by atoms with Crippen LogP contribution in [-0.2, 0) is 4.79 Å². The van der Waals surface area contributed by atoms with Crippen molar-refractivity contribution in [2.24, 2.45) is 0 Å². The second-order valence-corrected chi connectivity index (χ2v) is 10.8. The number of likely N-dealkylation sites (tertiary alicyclic amines) is 2. The summed E-state index contributed by atoms with van der Waals surface area (Å²) in [5, 5.41) is 0.971. The van der Waals surface area contributed by atoms with Gasteiger partial charge in [0.15, 0.2) is 0 Å². The molecule has 2 aromatic carbocycles. The topological polar surface area (TPSA) is 43.9 Å². The van der Waals surface area contributed by atoms with Gasteiger partial charge in [-0.1, -0.05) is 41.4 Å². The van der Waals surface area contributed by atoms with Crippen LogP contribution >= 0.6 is 23.2 Å². The number of piperidine rings is 2. The number of rotatable bonds is 8. The molecule has 0 spiro atoms. The monoisotopic (exact) mass is 533 g/mol. The molecule has 194 valence electrons. The molecule has 2 amide bonds. The number of hydrogen-bond acceptors (Lipinski definition) is 3. The Morgan fingerprint density at radius 3 is 2.53 bits per heavy atom. The van der Waals surface area contributed by atoms with E-state index in [9.17, 15) is 14.0 Å². The van der Waals surface area contributed by atoms with E-state index < -0.39 is 5.82 Å². The van der Waals surface area contributed by atoms with Gasteiger partial charge in [-0.2, -0.15) is 0 Å². The van der Waals surface area contributed by atoms with E-state index in [0.29, 0.717) is 35.0 Å². The number of hydrogen-bond donors (Lipinski definition) is 0. The van der Waals surface area contributed by atoms with Gasteiger partial charge in [-0.05, 0) is 68.5 Å². The first kappa shape index (κ1) is 26.9. The fourth-order valence-corrected chi connectivity index (χ4v) is 5.70. The normalized spacial score (nSPS) is 18.3. The summed E-state index contributed by atoms with van der Waals surface area (Å²) in [5.41, 5.74) is 1.08. The minimum atomic E-state index is -0.518. The van der Waals surface area contributed by atoms with E-state index in [1.165, 1.54) is 12.1 Å². The number of nitrogens with zero attached hydrogens (tertiary/aromatic N) is 3. The Morgan fingerprint density at radius 2 is 1.83 bits per heavy atom. The van der Waals surface area contributed by atoms with Gasteiger partial charge in [-0.15, -0.1) is 0 Å². The van der Waals surface area contributed by atoms with Crippen molar-refractivity contribution >= 4 is 35.0 Å². The van der Waals surface area contributed by atoms with E-state index >= 15 is 0 Å². The molecule has 0 aromatic heterocycles. The Balaban J connectivity index is 1.40. The lowest BCUT2D eigenvalue weighted by Gasteiger charge is -2.40. The highest BCUT2D eigenvalue weighted by Crippen LogP contribution is 2.30. The minimum absolute atomic E-state index is 0.0156. The largest absolute Gasteiger partial charge is 0.341 e. The molecule has 2 aliphatic heterocycles. The molecule has 1 atom stereocenters. The molecular formula is C28H34Cl2FN3O2. The standard InChI is InChI=1S/C28H34Cl2FN3O2/c1-32(28(36)23-6-2-3-7-26(23)31)19-21(20-9-10-24(29)25(30)18-20)11-15-33-16-12-22(13-17-33)34-14-5-4-8-27(34)35/h2-3,6-7,9-10,18,21-22H,4-5,8,11-17,19H2,1H3. The highest BCUT2D eigenvalue weighted by atomic mass is 35.5. The van der Waals surface area contributed by atoms with Crippen molar-refractivity contribution in [1.82, 2.24) is 14.7 Å². The van der Waals surface area contributed by atoms with E-state index in [-0.39, 0.29) is 17.4 Å². The van der Waals surface area contributed by atoms with Crippen LogP contribution in [0.5, 0.6) is 0 Å². The van der Waals surface area contributed by atoms with Crippen LogP contribution < -0.4 is 0 Å². The number of benzene rings is 2. The Hall–Kier alpha value is -2.15. The highest BCUT2D eigenvalue weighted by Gasteiger charge is 2.30. The molecule has 5 nitrogen and oxygen atoms in total. The van der Waals surface area contributed by atoms with Crippen LogP contribution in [0.1, 0.15) is 60.4 Å². The average molecular weight is 535 g/mol. The number of halogens is 3. The van der Waals surface area contributed by atoms with Crippen LogP contribution in [0.4, 0.5) is 4.39 Å². The molecule has 2 fully saturated rings. The summed E-state index contributed by atoms with van der Waals surface area (Å²) in [5.74, 6) is -0.538. The summed E-state index contributed by atoms with van der Waals surface area (Å²) < 4.78 is 14.2. The van der Waals surface area contributed by atoms with Gasteiger partial charge in [-0.3, -0.25) is 9.59 Å². The SMILES string of the molecule is CN(CC(CCN1CCC(N2CCCCC2=O)CC1)c1ccc(Cl)c(Cl)c1)C(=O)c1ccccc1F. The first-order valence-electron chi connectivity index (χ1n) is 12.8. The Labute approximate surface area is 223 Å². The van der Waals surface area contributed by atoms with Crippen molar-refractivity contribution in [1.29, 1.82) is 0 Å². The predicted molar refractivity (Wildman–Crippen MR) is 142 cm³/mol. The summed E-state index contributed by atoms with van der Waals surface area (Å²) in [4.78, 5) is 31.4. The molecule has 2 aromatic rings. The Kier molecular flexibility index (Phi) is 9.26. The third-order valence-corrected chi connectivity index (χ3v) is 8.25. The fraction of sp³-hybridized carbons (Fsp3) is 0.500. The van der Waals surface area contributed by atoms with Gasteiger partial charge in [0.1, 0.15) is 5.82 Å². The lowest BCUT2D eigenvalue weighted by molar-refractivity contribution is -0.136. The molecule has 2 heterocycles. The predicted octanol–water partition coefficient (Wildman–Crippen LogP) is 5.86. The van der Waals surface area contributed by atoms with Gasteiger partial charge < -0.3 is 14.7 Å². The maximum atomic E-state index is 14.2. The second kappa shape index (κ2) is 12.4. The molecular weight excluding hydrogens is 500 g/mol.